The van der Waals surface area contributed by atoms with E-state index in [2.05, 4.69) is 47.3 Å². The Kier molecular flexibility index (Phi) is 5.21. The monoisotopic (exact) mass is 307 g/mol. The first-order chi connectivity index (χ1) is 11.1. The van der Waals surface area contributed by atoms with Crippen molar-refractivity contribution in [3.05, 3.63) is 46.8 Å². The van der Waals surface area contributed by atoms with Crippen LogP contribution in [-0.2, 0) is 12.8 Å². The Labute approximate surface area is 141 Å². The summed E-state index contributed by atoms with van der Waals surface area (Å²) >= 11 is 0. The van der Waals surface area contributed by atoms with Gasteiger partial charge in [-0.2, -0.15) is 0 Å². The predicted octanol–water partition coefficient (Wildman–Crippen LogP) is 2.50. The number of likely N-dealkylation sites (tertiary alicyclic amines) is 1. The smallest absolute Gasteiger partial charge is 0.0657 e. The minimum atomic E-state index is 0.349. The van der Waals surface area contributed by atoms with Crippen molar-refractivity contribution < 1.29 is 0 Å². The third-order valence-corrected chi connectivity index (χ3v) is 4.73. The Bertz CT molecular complexity index is 603. The van der Waals surface area contributed by atoms with E-state index in [1.54, 1.807) is 0 Å². The minimum absolute atomic E-state index is 0.349. The molecule has 1 N–H and O–H groups in total. The first-order valence-electron chi connectivity index (χ1n) is 8.63. The van der Waals surface area contributed by atoms with Crippen LogP contribution < -0.4 is 5.32 Å². The summed E-state index contributed by atoms with van der Waals surface area (Å²) in [5.41, 5.74) is 5.49. The van der Waals surface area contributed by atoms with E-state index in [1.165, 1.54) is 41.9 Å². The third kappa shape index (κ3) is 4.26. The quantitative estimate of drug-likeness (QED) is 0.818. The molecule has 120 valence electrons. The van der Waals surface area contributed by atoms with Crippen LogP contribution in [0.1, 0.15) is 23.6 Å². The molecule has 3 rings (SSSR count). The van der Waals surface area contributed by atoms with Gasteiger partial charge in [0.2, 0.25) is 0 Å². The number of rotatable bonds is 6. The number of benzene rings is 1. The van der Waals surface area contributed by atoms with E-state index in [9.17, 15) is 0 Å². The average molecular weight is 307 g/mol. The highest BCUT2D eigenvalue weighted by molar-refractivity contribution is 6.08. The van der Waals surface area contributed by atoms with E-state index in [-0.39, 0.29) is 0 Å². The molecule has 0 bridgehead atoms. The van der Waals surface area contributed by atoms with Crippen LogP contribution in [-0.4, -0.2) is 44.6 Å². The summed E-state index contributed by atoms with van der Waals surface area (Å²) < 4.78 is 0. The van der Waals surface area contributed by atoms with Gasteiger partial charge in [-0.05, 0) is 49.3 Å². The Morgan fingerprint density at radius 1 is 1.35 bits per heavy atom. The summed E-state index contributed by atoms with van der Waals surface area (Å²) in [6.07, 6.45) is 6.78. The molecule has 0 spiro atoms. The first-order valence-corrected chi connectivity index (χ1v) is 8.63. The predicted molar refractivity (Wildman–Crippen MR) is 98.3 cm³/mol. The molecule has 2 heterocycles. The molecule has 1 atom stereocenters. The molecule has 0 aromatic heterocycles. The summed E-state index contributed by atoms with van der Waals surface area (Å²) in [6, 6.07) is 7.18. The maximum absolute atomic E-state index is 5.64. The van der Waals surface area contributed by atoms with Gasteiger partial charge in [0.25, 0.3) is 0 Å². The van der Waals surface area contributed by atoms with Crippen molar-refractivity contribution in [3.63, 3.8) is 0 Å². The van der Waals surface area contributed by atoms with Crippen LogP contribution in [0.5, 0.6) is 0 Å². The van der Waals surface area contributed by atoms with Crippen LogP contribution in [0.3, 0.4) is 0 Å². The van der Waals surface area contributed by atoms with Crippen LogP contribution in [0.15, 0.2) is 35.1 Å². The number of aliphatic imine (C=N–C) groups is 1. The molecule has 1 unspecified atom stereocenters. The minimum Gasteiger partial charge on any atom is -0.379 e. The molecule has 1 saturated heterocycles. The Hall–Kier alpha value is -1.55. The summed E-state index contributed by atoms with van der Waals surface area (Å²) in [5, 5.41) is 3.47. The highest BCUT2D eigenvalue weighted by Gasteiger charge is 2.27. The molecule has 1 aromatic carbocycles. The SMILES string of the molecule is [B]CCc1ccc(CC2CN(CC3=CN=CC(C)N3)C2)c(C)c1. The lowest BCUT2D eigenvalue weighted by atomic mass is 9.88. The second-order valence-corrected chi connectivity index (χ2v) is 6.95. The molecule has 0 saturated carbocycles. The zero-order chi connectivity index (χ0) is 16.2. The van der Waals surface area contributed by atoms with E-state index in [0.717, 1.165) is 25.2 Å². The number of nitrogens with zero attached hydrogens (tertiary/aromatic N) is 2. The third-order valence-electron chi connectivity index (χ3n) is 4.73. The van der Waals surface area contributed by atoms with E-state index in [4.69, 9.17) is 7.85 Å². The molecular weight excluding hydrogens is 281 g/mol. The van der Waals surface area contributed by atoms with Gasteiger partial charge in [-0.1, -0.05) is 24.5 Å². The van der Waals surface area contributed by atoms with Crippen molar-refractivity contribution in [2.24, 2.45) is 10.9 Å². The molecule has 23 heavy (non-hydrogen) atoms. The second-order valence-electron chi connectivity index (χ2n) is 6.95. The number of nitrogens with one attached hydrogen (secondary N) is 1. The van der Waals surface area contributed by atoms with Gasteiger partial charge in [0.1, 0.15) is 0 Å². The van der Waals surface area contributed by atoms with Crippen LogP contribution in [0.25, 0.3) is 0 Å². The van der Waals surface area contributed by atoms with Gasteiger partial charge in [0.15, 0.2) is 0 Å². The van der Waals surface area contributed by atoms with Gasteiger partial charge < -0.3 is 5.32 Å². The van der Waals surface area contributed by atoms with Crippen molar-refractivity contribution in [1.29, 1.82) is 0 Å². The van der Waals surface area contributed by atoms with E-state index < -0.39 is 0 Å². The maximum Gasteiger partial charge on any atom is 0.0657 e. The van der Waals surface area contributed by atoms with Crippen molar-refractivity contribution in [1.82, 2.24) is 10.2 Å². The molecule has 0 aliphatic carbocycles. The zero-order valence-corrected chi connectivity index (χ0v) is 14.3. The molecule has 3 nitrogen and oxygen atoms in total. The van der Waals surface area contributed by atoms with Gasteiger partial charge in [0.05, 0.1) is 13.9 Å². The Balaban J connectivity index is 1.47. The van der Waals surface area contributed by atoms with Crippen molar-refractivity contribution in [2.75, 3.05) is 19.6 Å². The van der Waals surface area contributed by atoms with Crippen LogP contribution in [0.2, 0.25) is 6.32 Å². The largest absolute Gasteiger partial charge is 0.379 e. The molecule has 2 aliphatic rings. The number of hydrogen-bond donors (Lipinski definition) is 1. The molecule has 0 amide bonds. The average Bonchev–Trinajstić information content (AvgIpc) is 2.47. The summed E-state index contributed by atoms with van der Waals surface area (Å²) in [5.74, 6) is 0.777. The fourth-order valence-electron chi connectivity index (χ4n) is 3.51. The molecule has 2 radical (unpaired) electrons. The lowest BCUT2D eigenvalue weighted by Crippen LogP contribution is -2.50. The lowest BCUT2D eigenvalue weighted by molar-refractivity contribution is 0.110. The maximum atomic E-state index is 5.64. The van der Waals surface area contributed by atoms with Crippen molar-refractivity contribution >= 4 is 14.1 Å². The van der Waals surface area contributed by atoms with Gasteiger partial charge in [-0.3, -0.25) is 9.89 Å². The van der Waals surface area contributed by atoms with E-state index in [1.807, 2.05) is 12.4 Å². The summed E-state index contributed by atoms with van der Waals surface area (Å²) in [7, 11) is 5.64. The van der Waals surface area contributed by atoms with Gasteiger partial charge in [-0.25, -0.2) is 0 Å². The standard InChI is InChI=1S/C19H26BN3/c1-14-7-16(5-6-20)3-4-18(14)8-17-11-23(12-17)13-19-10-21-9-15(2)22-19/h3-4,7,9-10,15,17,22H,5-6,8,11-13H2,1-2H3. The normalized spacial score (nSPS) is 21.7. The molecular formula is C19H26BN3. The summed E-state index contributed by atoms with van der Waals surface area (Å²) in [4.78, 5) is 6.78. The second kappa shape index (κ2) is 7.35. The summed E-state index contributed by atoms with van der Waals surface area (Å²) in [6.45, 7) is 7.71. The fraction of sp³-hybridized carbons (Fsp3) is 0.526. The fourth-order valence-corrected chi connectivity index (χ4v) is 3.51. The van der Waals surface area contributed by atoms with Crippen molar-refractivity contribution in [2.45, 2.75) is 39.1 Å². The van der Waals surface area contributed by atoms with Gasteiger partial charge in [-0.15, -0.1) is 0 Å². The molecule has 2 aliphatic heterocycles. The zero-order valence-electron chi connectivity index (χ0n) is 14.3. The highest BCUT2D eigenvalue weighted by atomic mass is 15.2. The van der Waals surface area contributed by atoms with E-state index >= 15 is 0 Å². The Morgan fingerprint density at radius 3 is 2.87 bits per heavy atom. The number of aryl methyl sites for hydroxylation is 2. The van der Waals surface area contributed by atoms with Gasteiger partial charge in [0, 0.05) is 37.7 Å². The molecule has 4 heteroatoms. The lowest BCUT2D eigenvalue weighted by Gasteiger charge is -2.40. The van der Waals surface area contributed by atoms with Crippen LogP contribution >= 0.6 is 0 Å². The molecule has 1 fully saturated rings. The topological polar surface area (TPSA) is 27.6 Å². The molecule has 1 aromatic rings. The van der Waals surface area contributed by atoms with Gasteiger partial charge >= 0.3 is 0 Å². The van der Waals surface area contributed by atoms with Crippen molar-refractivity contribution in [3.8, 4) is 0 Å². The highest BCUT2D eigenvalue weighted by Crippen LogP contribution is 2.23. The number of hydrogen-bond acceptors (Lipinski definition) is 3. The Morgan fingerprint density at radius 2 is 2.17 bits per heavy atom. The van der Waals surface area contributed by atoms with Crippen LogP contribution in [0.4, 0.5) is 0 Å². The van der Waals surface area contributed by atoms with Crippen LogP contribution in [0, 0.1) is 12.8 Å². The van der Waals surface area contributed by atoms with E-state index in [0.29, 0.717) is 6.04 Å². The first kappa shape index (κ1) is 16.3.